The van der Waals surface area contributed by atoms with Crippen LogP contribution in [0.5, 0.6) is 0 Å². The predicted molar refractivity (Wildman–Crippen MR) is 60.5 cm³/mol. The molecule has 1 fully saturated rings. The van der Waals surface area contributed by atoms with Crippen LogP contribution in [-0.2, 0) is 4.74 Å². The molecule has 1 aliphatic carbocycles. The lowest BCUT2D eigenvalue weighted by atomic mass is 9.79. The van der Waals surface area contributed by atoms with Crippen molar-refractivity contribution in [2.75, 3.05) is 13.7 Å². The summed E-state index contributed by atoms with van der Waals surface area (Å²) in [6.45, 7) is 10.1. The van der Waals surface area contributed by atoms with E-state index in [-0.39, 0.29) is 5.60 Å². The van der Waals surface area contributed by atoms with Gasteiger partial charge in [-0.2, -0.15) is 0 Å². The fourth-order valence-electron chi connectivity index (χ4n) is 1.67. The standard InChI is InChI=1S/C12H25NO/c1-10(11(2,3)4)13-9-12(14-5)7-6-8-12/h10,13H,6-9H2,1-5H3. The van der Waals surface area contributed by atoms with E-state index in [0.29, 0.717) is 11.5 Å². The number of rotatable bonds is 4. The Morgan fingerprint density at radius 2 is 1.93 bits per heavy atom. The second-order valence-corrected chi connectivity index (χ2v) is 5.71. The summed E-state index contributed by atoms with van der Waals surface area (Å²) in [5, 5.41) is 3.59. The molecule has 0 aliphatic heterocycles. The first-order valence-electron chi connectivity index (χ1n) is 5.68. The third-order valence-electron chi connectivity index (χ3n) is 3.73. The van der Waals surface area contributed by atoms with Crippen LogP contribution in [0.3, 0.4) is 0 Å². The van der Waals surface area contributed by atoms with E-state index in [9.17, 15) is 0 Å². The minimum Gasteiger partial charge on any atom is -0.377 e. The summed E-state index contributed by atoms with van der Waals surface area (Å²) < 4.78 is 5.57. The van der Waals surface area contributed by atoms with Crippen LogP contribution in [-0.4, -0.2) is 25.3 Å². The number of hydrogen-bond acceptors (Lipinski definition) is 2. The number of nitrogens with one attached hydrogen (secondary N) is 1. The van der Waals surface area contributed by atoms with Crippen molar-refractivity contribution in [2.24, 2.45) is 5.41 Å². The molecule has 2 heteroatoms. The molecule has 1 aliphatic rings. The average Bonchev–Trinajstić information content (AvgIpc) is 2.01. The van der Waals surface area contributed by atoms with Crippen LogP contribution in [0.1, 0.15) is 47.0 Å². The first-order valence-corrected chi connectivity index (χ1v) is 5.68. The van der Waals surface area contributed by atoms with Gasteiger partial charge in [-0.25, -0.2) is 0 Å². The maximum absolute atomic E-state index is 5.57. The highest BCUT2D eigenvalue weighted by Gasteiger charge is 2.37. The molecule has 0 bridgehead atoms. The van der Waals surface area contributed by atoms with Crippen molar-refractivity contribution in [3.8, 4) is 0 Å². The summed E-state index contributed by atoms with van der Waals surface area (Å²) in [5.74, 6) is 0. The first kappa shape index (κ1) is 12.0. The summed E-state index contributed by atoms with van der Waals surface area (Å²) in [6.07, 6.45) is 3.75. The largest absolute Gasteiger partial charge is 0.377 e. The maximum Gasteiger partial charge on any atom is 0.0802 e. The van der Waals surface area contributed by atoms with Gasteiger partial charge in [-0.05, 0) is 31.6 Å². The van der Waals surface area contributed by atoms with Crippen LogP contribution >= 0.6 is 0 Å². The lowest BCUT2D eigenvalue weighted by Crippen LogP contribution is -2.52. The highest BCUT2D eigenvalue weighted by molar-refractivity contribution is 4.93. The number of methoxy groups -OCH3 is 1. The minimum absolute atomic E-state index is 0.152. The van der Waals surface area contributed by atoms with E-state index in [2.05, 4.69) is 33.0 Å². The summed E-state index contributed by atoms with van der Waals surface area (Å²) >= 11 is 0. The van der Waals surface area contributed by atoms with Crippen LogP contribution in [0.2, 0.25) is 0 Å². The van der Waals surface area contributed by atoms with Crippen molar-refractivity contribution in [1.29, 1.82) is 0 Å². The maximum atomic E-state index is 5.57. The molecule has 14 heavy (non-hydrogen) atoms. The molecule has 0 amide bonds. The van der Waals surface area contributed by atoms with Gasteiger partial charge in [0.15, 0.2) is 0 Å². The zero-order valence-electron chi connectivity index (χ0n) is 10.3. The van der Waals surface area contributed by atoms with Crippen LogP contribution in [0.15, 0.2) is 0 Å². The Labute approximate surface area is 88.4 Å². The Kier molecular flexibility index (Phi) is 3.59. The average molecular weight is 199 g/mol. The SMILES string of the molecule is COC1(CNC(C)C(C)(C)C)CCC1. The molecule has 0 aromatic rings. The Morgan fingerprint density at radius 1 is 1.36 bits per heavy atom. The smallest absolute Gasteiger partial charge is 0.0802 e. The predicted octanol–water partition coefficient (Wildman–Crippen LogP) is 2.58. The molecular weight excluding hydrogens is 174 g/mol. The fraction of sp³-hybridized carbons (Fsp3) is 1.00. The molecule has 1 saturated carbocycles. The van der Waals surface area contributed by atoms with Gasteiger partial charge in [0, 0.05) is 19.7 Å². The van der Waals surface area contributed by atoms with E-state index in [1.54, 1.807) is 0 Å². The fourth-order valence-corrected chi connectivity index (χ4v) is 1.67. The van der Waals surface area contributed by atoms with Gasteiger partial charge >= 0.3 is 0 Å². The molecule has 1 rings (SSSR count). The van der Waals surface area contributed by atoms with E-state index < -0.39 is 0 Å². The Bertz CT molecular complexity index is 174. The van der Waals surface area contributed by atoms with Crippen molar-refractivity contribution in [3.05, 3.63) is 0 Å². The minimum atomic E-state index is 0.152. The zero-order chi connectivity index (χ0) is 10.8. The third-order valence-corrected chi connectivity index (χ3v) is 3.73. The Balaban J connectivity index is 2.32. The van der Waals surface area contributed by atoms with Crippen LogP contribution in [0.4, 0.5) is 0 Å². The first-order chi connectivity index (χ1) is 6.40. The molecule has 0 saturated heterocycles. The summed E-state index contributed by atoms with van der Waals surface area (Å²) in [4.78, 5) is 0. The Hall–Kier alpha value is -0.0800. The molecule has 1 atom stereocenters. The van der Waals surface area contributed by atoms with Gasteiger partial charge in [-0.1, -0.05) is 20.8 Å². The molecule has 0 spiro atoms. The molecule has 1 unspecified atom stereocenters. The summed E-state index contributed by atoms with van der Waals surface area (Å²) in [7, 11) is 1.84. The second-order valence-electron chi connectivity index (χ2n) is 5.71. The molecule has 1 N–H and O–H groups in total. The van der Waals surface area contributed by atoms with E-state index in [4.69, 9.17) is 4.74 Å². The lowest BCUT2D eigenvalue weighted by Gasteiger charge is -2.42. The zero-order valence-corrected chi connectivity index (χ0v) is 10.3. The van der Waals surface area contributed by atoms with Crippen LogP contribution in [0.25, 0.3) is 0 Å². The third kappa shape index (κ3) is 2.71. The highest BCUT2D eigenvalue weighted by Crippen LogP contribution is 2.34. The van der Waals surface area contributed by atoms with E-state index in [0.717, 1.165) is 6.54 Å². The van der Waals surface area contributed by atoms with E-state index in [1.807, 2.05) is 7.11 Å². The van der Waals surface area contributed by atoms with E-state index >= 15 is 0 Å². The molecule has 0 aromatic carbocycles. The molecule has 0 radical (unpaired) electrons. The number of ether oxygens (including phenoxy) is 1. The van der Waals surface area contributed by atoms with Crippen molar-refractivity contribution < 1.29 is 4.74 Å². The quantitative estimate of drug-likeness (QED) is 0.751. The number of hydrogen-bond donors (Lipinski definition) is 1. The topological polar surface area (TPSA) is 21.3 Å². The van der Waals surface area contributed by atoms with Crippen molar-refractivity contribution in [2.45, 2.75) is 58.6 Å². The van der Waals surface area contributed by atoms with Gasteiger partial charge < -0.3 is 10.1 Å². The van der Waals surface area contributed by atoms with E-state index in [1.165, 1.54) is 19.3 Å². The second kappa shape index (κ2) is 4.19. The Morgan fingerprint density at radius 3 is 2.21 bits per heavy atom. The highest BCUT2D eigenvalue weighted by atomic mass is 16.5. The van der Waals surface area contributed by atoms with Gasteiger partial charge in [0.25, 0.3) is 0 Å². The van der Waals surface area contributed by atoms with Gasteiger partial charge in [0.05, 0.1) is 5.60 Å². The van der Waals surface area contributed by atoms with Crippen molar-refractivity contribution >= 4 is 0 Å². The molecule has 84 valence electrons. The monoisotopic (exact) mass is 199 g/mol. The summed E-state index contributed by atoms with van der Waals surface area (Å²) in [5.41, 5.74) is 0.484. The van der Waals surface area contributed by atoms with Crippen molar-refractivity contribution in [1.82, 2.24) is 5.32 Å². The molecule has 0 aromatic heterocycles. The van der Waals surface area contributed by atoms with Crippen molar-refractivity contribution in [3.63, 3.8) is 0 Å². The normalized spacial score (nSPS) is 22.9. The summed E-state index contributed by atoms with van der Waals surface area (Å²) in [6, 6.07) is 0.537. The lowest BCUT2D eigenvalue weighted by molar-refractivity contribution is -0.0722. The molecular formula is C12H25NO. The van der Waals surface area contributed by atoms with Gasteiger partial charge in [0.1, 0.15) is 0 Å². The van der Waals surface area contributed by atoms with Crippen LogP contribution < -0.4 is 5.32 Å². The molecule has 2 nitrogen and oxygen atoms in total. The van der Waals surface area contributed by atoms with Crippen LogP contribution in [0, 0.1) is 5.41 Å². The van der Waals surface area contributed by atoms with Gasteiger partial charge in [-0.3, -0.25) is 0 Å². The van der Waals surface area contributed by atoms with Gasteiger partial charge in [-0.15, -0.1) is 0 Å². The molecule has 0 heterocycles. The van der Waals surface area contributed by atoms with Gasteiger partial charge in [0.2, 0.25) is 0 Å².